The molecule has 0 aliphatic heterocycles. The summed E-state index contributed by atoms with van der Waals surface area (Å²) in [6, 6.07) is 9.34. The zero-order chi connectivity index (χ0) is 14.8. The summed E-state index contributed by atoms with van der Waals surface area (Å²) in [6.07, 6.45) is 0. The lowest BCUT2D eigenvalue weighted by Crippen LogP contribution is -2.27. The summed E-state index contributed by atoms with van der Waals surface area (Å²) < 4.78 is 7.44. The Balaban J connectivity index is 2.15. The van der Waals surface area contributed by atoms with E-state index in [2.05, 4.69) is 10.4 Å². The van der Waals surface area contributed by atoms with E-state index in [0.717, 1.165) is 11.3 Å². The number of nitrogens with one attached hydrogen (secondary N) is 1. The highest BCUT2D eigenvalue weighted by Crippen LogP contribution is 2.21. The molecule has 7 heteroatoms. The minimum atomic E-state index is -0.117. The topological polar surface area (TPSA) is 82.2 Å². The van der Waals surface area contributed by atoms with E-state index in [4.69, 9.17) is 10.6 Å². The first-order chi connectivity index (χ1) is 10.2. The molecule has 2 heterocycles. The van der Waals surface area contributed by atoms with Gasteiger partial charge in [0, 0.05) is 5.56 Å². The molecule has 0 atom stereocenters. The van der Waals surface area contributed by atoms with E-state index < -0.39 is 0 Å². The molecule has 0 saturated carbocycles. The van der Waals surface area contributed by atoms with Crippen molar-refractivity contribution >= 4 is 27.5 Å². The lowest BCUT2D eigenvalue weighted by molar-refractivity contribution is 0.408. The van der Waals surface area contributed by atoms with Crippen molar-refractivity contribution in [1.29, 1.82) is 0 Å². The molecular weight excluding hydrogens is 288 g/mol. The summed E-state index contributed by atoms with van der Waals surface area (Å²) in [5.74, 6) is 6.55. The highest BCUT2D eigenvalue weighted by Gasteiger charge is 2.13. The third kappa shape index (κ3) is 2.37. The highest BCUT2D eigenvalue weighted by atomic mass is 32.1. The van der Waals surface area contributed by atoms with Gasteiger partial charge in [-0.2, -0.15) is 0 Å². The molecule has 2 aromatic heterocycles. The maximum Gasteiger partial charge on any atom is 0.273 e. The molecular formula is C14H14N4O2S. The molecule has 3 aromatic rings. The second-order valence-corrected chi connectivity index (χ2v) is 5.33. The minimum absolute atomic E-state index is 0.117. The summed E-state index contributed by atoms with van der Waals surface area (Å²) >= 11 is 1.37. The number of ether oxygens (including phenoxy) is 1. The van der Waals surface area contributed by atoms with Crippen LogP contribution < -0.4 is 21.6 Å². The van der Waals surface area contributed by atoms with E-state index in [-0.39, 0.29) is 5.56 Å². The maximum absolute atomic E-state index is 12.6. The Kier molecular flexibility index (Phi) is 3.59. The molecule has 6 nitrogen and oxygen atoms in total. The van der Waals surface area contributed by atoms with Crippen LogP contribution in [0.2, 0.25) is 0 Å². The molecule has 0 bridgehead atoms. The predicted octanol–water partition coefficient (Wildman–Crippen LogP) is 1.80. The molecule has 0 aliphatic rings. The largest absolute Gasteiger partial charge is 0.496 e. The third-order valence-corrected chi connectivity index (χ3v) is 4.11. The van der Waals surface area contributed by atoms with Gasteiger partial charge in [0.1, 0.15) is 10.4 Å². The van der Waals surface area contributed by atoms with Crippen molar-refractivity contribution < 1.29 is 4.74 Å². The number of hydrazine groups is 1. The second-order valence-electron chi connectivity index (χ2n) is 4.42. The van der Waals surface area contributed by atoms with Crippen LogP contribution >= 0.6 is 11.3 Å². The van der Waals surface area contributed by atoms with Crippen molar-refractivity contribution in [2.45, 2.75) is 6.54 Å². The number of nitrogens with two attached hydrogens (primary N) is 1. The summed E-state index contributed by atoms with van der Waals surface area (Å²) in [7, 11) is 1.60. The standard InChI is InChI=1S/C14H14N4O2S/c1-20-11-5-3-2-4-9(11)8-18-13(19)12-10(6-7-21-12)16-14(18)17-15/h2-7H,8,15H2,1H3,(H,16,17). The van der Waals surface area contributed by atoms with Gasteiger partial charge in [0.25, 0.3) is 5.56 Å². The average Bonchev–Trinajstić information content (AvgIpc) is 2.99. The number of hydrogen-bond acceptors (Lipinski definition) is 6. The summed E-state index contributed by atoms with van der Waals surface area (Å²) in [5, 5.41) is 1.84. The number of para-hydroxylation sites is 1. The third-order valence-electron chi connectivity index (χ3n) is 3.22. The Morgan fingerprint density at radius 1 is 1.38 bits per heavy atom. The van der Waals surface area contributed by atoms with Crippen LogP contribution in [0.5, 0.6) is 5.75 Å². The first kappa shape index (κ1) is 13.6. The predicted molar refractivity (Wildman–Crippen MR) is 83.8 cm³/mol. The van der Waals surface area contributed by atoms with Crippen LogP contribution in [0.15, 0.2) is 40.5 Å². The monoisotopic (exact) mass is 302 g/mol. The Morgan fingerprint density at radius 2 is 2.19 bits per heavy atom. The molecule has 0 amide bonds. The van der Waals surface area contributed by atoms with Gasteiger partial charge < -0.3 is 4.74 Å². The van der Waals surface area contributed by atoms with Crippen LogP contribution in [0, 0.1) is 0 Å². The molecule has 3 N–H and O–H groups in total. The van der Waals surface area contributed by atoms with E-state index >= 15 is 0 Å². The lowest BCUT2D eigenvalue weighted by Gasteiger charge is -2.13. The van der Waals surface area contributed by atoms with Crippen LogP contribution in [-0.2, 0) is 6.54 Å². The van der Waals surface area contributed by atoms with E-state index in [1.807, 2.05) is 29.6 Å². The van der Waals surface area contributed by atoms with Crippen LogP contribution in [0.3, 0.4) is 0 Å². The van der Waals surface area contributed by atoms with Crippen molar-refractivity contribution in [3.63, 3.8) is 0 Å². The van der Waals surface area contributed by atoms with Crippen molar-refractivity contribution in [3.8, 4) is 5.75 Å². The quantitative estimate of drug-likeness (QED) is 0.567. The molecule has 0 aliphatic carbocycles. The fraction of sp³-hybridized carbons (Fsp3) is 0.143. The number of rotatable bonds is 4. The second kappa shape index (κ2) is 5.55. The fourth-order valence-corrected chi connectivity index (χ4v) is 2.98. The van der Waals surface area contributed by atoms with Crippen molar-refractivity contribution in [1.82, 2.24) is 9.55 Å². The van der Waals surface area contributed by atoms with Crippen LogP contribution in [0.1, 0.15) is 5.56 Å². The normalized spacial score (nSPS) is 10.8. The molecule has 0 fully saturated rings. The number of aromatic nitrogens is 2. The van der Waals surface area contributed by atoms with Crippen LogP contribution in [0.25, 0.3) is 10.2 Å². The van der Waals surface area contributed by atoms with Gasteiger partial charge in [-0.25, -0.2) is 10.8 Å². The Morgan fingerprint density at radius 3 is 2.95 bits per heavy atom. The van der Waals surface area contributed by atoms with Crippen molar-refractivity contribution in [2.24, 2.45) is 5.84 Å². The molecule has 1 aromatic carbocycles. The SMILES string of the molecule is COc1ccccc1Cn1c(NN)nc2ccsc2c1=O. The number of hydrogen-bond donors (Lipinski definition) is 2. The number of nitrogen functional groups attached to an aromatic ring is 1. The zero-order valence-electron chi connectivity index (χ0n) is 11.4. The first-order valence-electron chi connectivity index (χ1n) is 6.31. The average molecular weight is 302 g/mol. The number of benzene rings is 1. The van der Waals surface area contributed by atoms with Crippen LogP contribution in [-0.4, -0.2) is 16.7 Å². The minimum Gasteiger partial charge on any atom is -0.496 e. The Hall–Kier alpha value is -2.38. The molecule has 0 radical (unpaired) electrons. The summed E-state index contributed by atoms with van der Waals surface area (Å²) in [5.41, 5.74) is 3.91. The molecule has 3 rings (SSSR count). The number of thiophene rings is 1. The van der Waals surface area contributed by atoms with Gasteiger partial charge in [-0.3, -0.25) is 14.8 Å². The molecule has 21 heavy (non-hydrogen) atoms. The smallest absolute Gasteiger partial charge is 0.273 e. The van der Waals surface area contributed by atoms with Crippen molar-refractivity contribution in [2.75, 3.05) is 12.5 Å². The van der Waals surface area contributed by atoms with Gasteiger partial charge in [-0.05, 0) is 17.5 Å². The van der Waals surface area contributed by atoms with E-state index in [1.54, 1.807) is 13.2 Å². The molecule has 108 valence electrons. The fourth-order valence-electron chi connectivity index (χ4n) is 2.20. The lowest BCUT2D eigenvalue weighted by atomic mass is 10.2. The molecule has 0 spiro atoms. The van der Waals surface area contributed by atoms with E-state index in [9.17, 15) is 4.79 Å². The van der Waals surface area contributed by atoms with Crippen LogP contribution in [0.4, 0.5) is 5.95 Å². The van der Waals surface area contributed by atoms with Gasteiger partial charge in [-0.1, -0.05) is 18.2 Å². The highest BCUT2D eigenvalue weighted by molar-refractivity contribution is 7.17. The number of fused-ring (bicyclic) bond motifs is 1. The maximum atomic E-state index is 12.6. The number of methoxy groups -OCH3 is 1. The summed E-state index contributed by atoms with van der Waals surface area (Å²) in [4.78, 5) is 16.9. The van der Waals surface area contributed by atoms with E-state index in [0.29, 0.717) is 22.7 Å². The summed E-state index contributed by atoms with van der Waals surface area (Å²) in [6.45, 7) is 0.337. The van der Waals surface area contributed by atoms with Crippen molar-refractivity contribution in [3.05, 3.63) is 51.6 Å². The number of anilines is 1. The number of nitrogens with zero attached hydrogens (tertiary/aromatic N) is 2. The van der Waals surface area contributed by atoms with Gasteiger partial charge in [0.2, 0.25) is 5.95 Å². The van der Waals surface area contributed by atoms with Gasteiger partial charge in [-0.15, -0.1) is 11.3 Å². The Labute approximate surface area is 124 Å². The van der Waals surface area contributed by atoms with Gasteiger partial charge in [0.15, 0.2) is 0 Å². The first-order valence-corrected chi connectivity index (χ1v) is 7.19. The molecule has 0 unspecified atom stereocenters. The van der Waals surface area contributed by atoms with E-state index in [1.165, 1.54) is 15.9 Å². The zero-order valence-corrected chi connectivity index (χ0v) is 12.2. The Bertz CT molecular complexity index is 840. The molecule has 0 saturated heterocycles. The van der Waals surface area contributed by atoms with Gasteiger partial charge >= 0.3 is 0 Å². The van der Waals surface area contributed by atoms with Gasteiger partial charge in [0.05, 0.1) is 19.2 Å².